The molecule has 4 rings (SSSR count). The van der Waals surface area contributed by atoms with E-state index in [2.05, 4.69) is 15.6 Å². The highest BCUT2D eigenvalue weighted by Gasteiger charge is 2.55. The predicted octanol–water partition coefficient (Wildman–Crippen LogP) is 4.02. The Bertz CT molecular complexity index is 1260. The van der Waals surface area contributed by atoms with Crippen LogP contribution in [0.4, 0.5) is 11.4 Å². The van der Waals surface area contributed by atoms with Gasteiger partial charge in [0.15, 0.2) is 0 Å². The van der Waals surface area contributed by atoms with E-state index in [1.54, 1.807) is 42.7 Å². The molecule has 0 aliphatic heterocycles. The number of carbonyl (C=O) groups is 3. The average molecular weight is 472 g/mol. The van der Waals surface area contributed by atoms with E-state index in [-0.39, 0.29) is 6.42 Å². The minimum Gasteiger partial charge on any atom is -0.389 e. The molecule has 1 aromatic heterocycles. The van der Waals surface area contributed by atoms with Crippen LogP contribution in [-0.2, 0) is 14.4 Å². The van der Waals surface area contributed by atoms with Crippen LogP contribution in [0, 0.1) is 25.7 Å². The Morgan fingerprint density at radius 3 is 1.94 bits per heavy atom. The van der Waals surface area contributed by atoms with Gasteiger partial charge in [-0.05, 0) is 61.7 Å². The summed E-state index contributed by atoms with van der Waals surface area (Å²) in [5.74, 6) is -4.48. The first-order valence-corrected chi connectivity index (χ1v) is 11.6. The molecule has 180 valence electrons. The zero-order valence-corrected chi connectivity index (χ0v) is 20.0. The number of pyridine rings is 1. The van der Waals surface area contributed by atoms with Gasteiger partial charge in [-0.2, -0.15) is 0 Å². The zero-order chi connectivity index (χ0) is 25.2. The molecule has 4 unspecified atom stereocenters. The molecule has 1 saturated carbocycles. The minimum absolute atomic E-state index is 0.313. The smallest absolute Gasteiger partial charge is 0.235 e. The number of carbonyl (C=O) groups excluding carboxylic acids is 3. The maximum absolute atomic E-state index is 13.7. The number of nitrogens with one attached hydrogen (secondary N) is 2. The fourth-order valence-corrected chi connectivity index (χ4v) is 4.92. The number of para-hydroxylation sites is 2. The number of aromatic nitrogens is 1. The van der Waals surface area contributed by atoms with Gasteiger partial charge in [0, 0.05) is 36.1 Å². The predicted molar refractivity (Wildman–Crippen MR) is 134 cm³/mol. The van der Waals surface area contributed by atoms with Gasteiger partial charge in [-0.1, -0.05) is 36.4 Å². The number of benzene rings is 2. The number of hydrogen-bond acceptors (Lipinski definition) is 5. The Balaban J connectivity index is 1.76. The lowest BCUT2D eigenvalue weighted by Crippen LogP contribution is -2.56. The van der Waals surface area contributed by atoms with Crippen molar-refractivity contribution in [2.75, 3.05) is 10.6 Å². The first-order chi connectivity index (χ1) is 16.7. The lowest BCUT2D eigenvalue weighted by molar-refractivity contribution is -0.150. The SMILES string of the molecule is Cc1ccccc1NC(=O)C1C(=O)CC(C)(O)C(C(=O)Nc2ccccc2C)C1c1ccncc1. The normalized spacial score (nSPS) is 24.0. The van der Waals surface area contributed by atoms with Gasteiger partial charge in [-0.15, -0.1) is 0 Å². The molecule has 0 radical (unpaired) electrons. The van der Waals surface area contributed by atoms with E-state index in [9.17, 15) is 19.5 Å². The molecular weight excluding hydrogens is 442 g/mol. The van der Waals surface area contributed by atoms with E-state index in [0.717, 1.165) is 11.1 Å². The second kappa shape index (κ2) is 9.80. The van der Waals surface area contributed by atoms with Crippen LogP contribution in [-0.4, -0.2) is 33.3 Å². The summed E-state index contributed by atoms with van der Waals surface area (Å²) >= 11 is 0. The maximum Gasteiger partial charge on any atom is 0.235 e. The third kappa shape index (κ3) is 5.00. The summed E-state index contributed by atoms with van der Waals surface area (Å²) in [4.78, 5) is 44.6. The molecular formula is C28H29N3O4. The molecule has 7 nitrogen and oxygen atoms in total. The first-order valence-electron chi connectivity index (χ1n) is 11.6. The van der Waals surface area contributed by atoms with E-state index in [4.69, 9.17) is 0 Å². The fourth-order valence-electron chi connectivity index (χ4n) is 4.92. The molecule has 0 bridgehead atoms. The Morgan fingerprint density at radius 1 is 0.886 bits per heavy atom. The van der Waals surface area contributed by atoms with Gasteiger partial charge in [0.2, 0.25) is 11.8 Å². The Morgan fingerprint density at radius 2 is 1.40 bits per heavy atom. The van der Waals surface area contributed by atoms with Crippen LogP contribution in [0.5, 0.6) is 0 Å². The van der Waals surface area contributed by atoms with Crippen molar-refractivity contribution in [3.8, 4) is 0 Å². The number of aryl methyl sites for hydroxylation is 2. The van der Waals surface area contributed by atoms with Crippen molar-refractivity contribution in [3.05, 3.63) is 89.7 Å². The molecule has 1 heterocycles. The highest BCUT2D eigenvalue weighted by atomic mass is 16.3. The molecule has 7 heteroatoms. The summed E-state index contributed by atoms with van der Waals surface area (Å²) in [6.45, 7) is 5.22. The number of anilines is 2. The number of nitrogens with zero attached hydrogens (tertiary/aromatic N) is 1. The van der Waals surface area contributed by atoms with Gasteiger partial charge < -0.3 is 15.7 Å². The summed E-state index contributed by atoms with van der Waals surface area (Å²) in [5, 5.41) is 17.1. The van der Waals surface area contributed by atoms with Crippen LogP contribution in [0.25, 0.3) is 0 Å². The summed E-state index contributed by atoms with van der Waals surface area (Å²) in [7, 11) is 0. The van der Waals surface area contributed by atoms with E-state index in [1.807, 2.05) is 44.2 Å². The van der Waals surface area contributed by atoms with E-state index in [1.165, 1.54) is 6.92 Å². The van der Waals surface area contributed by atoms with Gasteiger partial charge in [0.1, 0.15) is 11.7 Å². The molecule has 35 heavy (non-hydrogen) atoms. The number of amides is 2. The van der Waals surface area contributed by atoms with E-state index >= 15 is 0 Å². The molecule has 3 N–H and O–H groups in total. The Hall–Kier alpha value is -3.84. The standard InChI is InChI=1S/C28H29N3O4/c1-17-8-4-6-10-20(17)30-26(33)24-22(32)16-28(3,35)25(23(24)19-12-14-29-15-13-19)27(34)31-21-11-7-5-9-18(21)2/h4-15,23-25,35H,16H2,1-3H3,(H,30,33)(H,31,34). The molecule has 0 spiro atoms. The van der Waals surface area contributed by atoms with Crippen molar-refractivity contribution in [1.29, 1.82) is 0 Å². The van der Waals surface area contributed by atoms with Crippen LogP contribution in [0.1, 0.15) is 36.0 Å². The molecule has 2 aromatic carbocycles. The number of hydrogen-bond donors (Lipinski definition) is 3. The lowest BCUT2D eigenvalue weighted by Gasteiger charge is -2.44. The van der Waals surface area contributed by atoms with Crippen LogP contribution in [0.2, 0.25) is 0 Å². The Labute approximate surface area is 204 Å². The van der Waals surface area contributed by atoms with Gasteiger partial charge in [0.25, 0.3) is 0 Å². The van der Waals surface area contributed by atoms with E-state index < -0.39 is 41.0 Å². The Kier molecular flexibility index (Phi) is 6.80. The van der Waals surface area contributed by atoms with Crippen LogP contribution in [0.15, 0.2) is 73.1 Å². The van der Waals surface area contributed by atoms with Crippen LogP contribution < -0.4 is 10.6 Å². The highest BCUT2D eigenvalue weighted by molar-refractivity contribution is 6.10. The minimum atomic E-state index is -1.66. The second-order valence-corrected chi connectivity index (χ2v) is 9.37. The quantitative estimate of drug-likeness (QED) is 0.487. The largest absolute Gasteiger partial charge is 0.389 e. The molecule has 1 aliphatic rings. The van der Waals surface area contributed by atoms with Crippen LogP contribution >= 0.6 is 0 Å². The van der Waals surface area contributed by atoms with Crippen molar-refractivity contribution < 1.29 is 19.5 Å². The lowest BCUT2D eigenvalue weighted by atomic mass is 9.61. The van der Waals surface area contributed by atoms with Gasteiger partial charge in [0.05, 0.1) is 11.5 Å². The number of ketones is 1. The molecule has 1 fully saturated rings. The topological polar surface area (TPSA) is 108 Å². The summed E-state index contributed by atoms with van der Waals surface area (Å²) < 4.78 is 0. The summed E-state index contributed by atoms with van der Waals surface area (Å²) in [6.07, 6.45) is 2.79. The molecule has 4 atom stereocenters. The first kappa shape index (κ1) is 24.3. The summed E-state index contributed by atoms with van der Waals surface area (Å²) in [6, 6.07) is 18.0. The van der Waals surface area contributed by atoms with Crippen LogP contribution in [0.3, 0.4) is 0 Å². The van der Waals surface area contributed by atoms with Crippen molar-refractivity contribution >= 4 is 29.0 Å². The van der Waals surface area contributed by atoms with Gasteiger partial charge >= 0.3 is 0 Å². The van der Waals surface area contributed by atoms with Crippen molar-refractivity contribution in [2.24, 2.45) is 11.8 Å². The second-order valence-electron chi connectivity index (χ2n) is 9.37. The molecule has 3 aromatic rings. The number of Topliss-reactive ketones (excluding diaryl/α,β-unsaturated/α-hetero) is 1. The van der Waals surface area contributed by atoms with Gasteiger partial charge in [-0.3, -0.25) is 19.4 Å². The van der Waals surface area contributed by atoms with Crippen molar-refractivity contribution in [2.45, 2.75) is 38.7 Å². The number of rotatable bonds is 5. The maximum atomic E-state index is 13.7. The monoisotopic (exact) mass is 471 g/mol. The third-order valence-corrected chi connectivity index (χ3v) is 6.73. The third-order valence-electron chi connectivity index (χ3n) is 6.73. The van der Waals surface area contributed by atoms with Gasteiger partial charge in [-0.25, -0.2) is 0 Å². The average Bonchev–Trinajstić information content (AvgIpc) is 2.81. The fraction of sp³-hybridized carbons (Fsp3) is 0.286. The molecule has 2 amide bonds. The molecule has 1 aliphatic carbocycles. The summed E-state index contributed by atoms with van der Waals surface area (Å²) in [5.41, 5.74) is 1.85. The van der Waals surface area contributed by atoms with Crippen molar-refractivity contribution in [1.82, 2.24) is 4.98 Å². The zero-order valence-electron chi connectivity index (χ0n) is 20.0. The van der Waals surface area contributed by atoms with E-state index in [0.29, 0.717) is 16.9 Å². The molecule has 0 saturated heterocycles. The number of aliphatic hydroxyl groups is 1. The van der Waals surface area contributed by atoms with Crippen molar-refractivity contribution in [3.63, 3.8) is 0 Å². The highest BCUT2D eigenvalue weighted by Crippen LogP contribution is 2.46.